The van der Waals surface area contributed by atoms with Crippen molar-refractivity contribution >= 4 is 32.9 Å². The minimum atomic E-state index is -4.86. The topological polar surface area (TPSA) is 105 Å². The van der Waals surface area contributed by atoms with Gasteiger partial charge in [0.15, 0.2) is 11.4 Å². The van der Waals surface area contributed by atoms with Crippen LogP contribution in [0.4, 0.5) is 18.9 Å². The molecule has 3 rings (SSSR count). The van der Waals surface area contributed by atoms with Crippen LogP contribution in [-0.4, -0.2) is 26.6 Å². The number of benzene rings is 2. The summed E-state index contributed by atoms with van der Waals surface area (Å²) in [5.74, 6) is -1.26. The van der Waals surface area contributed by atoms with Crippen LogP contribution < -0.4 is 10.1 Å². The molecular formula is C22H20ClF3N4O3S. The largest absolute Gasteiger partial charge is 0.435 e. The molecule has 0 aliphatic heterocycles. The van der Waals surface area contributed by atoms with E-state index in [1.807, 2.05) is 6.92 Å². The van der Waals surface area contributed by atoms with Crippen LogP contribution in [-0.2, 0) is 22.3 Å². The lowest BCUT2D eigenvalue weighted by molar-refractivity contribution is -0.142. The molecule has 2 aromatic carbocycles. The van der Waals surface area contributed by atoms with Crippen LogP contribution in [0.1, 0.15) is 34.1 Å². The maximum atomic E-state index is 13.5. The normalized spacial score (nSPS) is 13.3. The molecule has 0 aliphatic rings. The number of amides is 1. The van der Waals surface area contributed by atoms with Gasteiger partial charge in [-0.25, -0.2) is 8.99 Å². The van der Waals surface area contributed by atoms with E-state index in [-0.39, 0.29) is 21.4 Å². The molecule has 0 bridgehead atoms. The van der Waals surface area contributed by atoms with Crippen LogP contribution in [0.25, 0.3) is 0 Å². The van der Waals surface area contributed by atoms with E-state index >= 15 is 0 Å². The first-order chi connectivity index (χ1) is 15.8. The van der Waals surface area contributed by atoms with Gasteiger partial charge in [-0.3, -0.25) is 4.79 Å². The maximum absolute atomic E-state index is 13.5. The van der Waals surface area contributed by atoms with Crippen molar-refractivity contribution in [3.05, 3.63) is 69.9 Å². The van der Waals surface area contributed by atoms with Crippen molar-refractivity contribution in [2.24, 2.45) is 0 Å². The van der Waals surface area contributed by atoms with Crippen molar-refractivity contribution in [2.75, 3.05) is 11.6 Å². The number of ether oxygens (including phenoxy) is 1. The monoisotopic (exact) mass is 512 g/mol. The van der Waals surface area contributed by atoms with Crippen LogP contribution >= 0.6 is 11.6 Å². The second-order valence-electron chi connectivity index (χ2n) is 7.36. The van der Waals surface area contributed by atoms with Gasteiger partial charge in [0.05, 0.1) is 14.8 Å². The summed E-state index contributed by atoms with van der Waals surface area (Å²) in [7, 11) is -3.08. The van der Waals surface area contributed by atoms with Gasteiger partial charge in [-0.1, -0.05) is 36.7 Å². The lowest BCUT2D eigenvalue weighted by Crippen LogP contribution is -2.21. The number of carbonyl (C=O) groups is 1. The third-order valence-corrected chi connectivity index (χ3v) is 6.30. The van der Waals surface area contributed by atoms with Gasteiger partial charge in [-0.05, 0) is 48.7 Å². The first kappa shape index (κ1) is 25.4. The number of anilines is 1. The highest BCUT2D eigenvalue weighted by Crippen LogP contribution is 2.38. The first-order valence-corrected chi connectivity index (χ1v) is 12.2. The summed E-state index contributed by atoms with van der Waals surface area (Å²) in [6, 6.07) is 10.6. The number of halogens is 4. The van der Waals surface area contributed by atoms with Crippen molar-refractivity contribution in [2.45, 2.75) is 31.3 Å². The Morgan fingerprint density at radius 3 is 2.50 bits per heavy atom. The van der Waals surface area contributed by atoms with Gasteiger partial charge in [0.25, 0.3) is 11.8 Å². The van der Waals surface area contributed by atoms with Crippen LogP contribution in [0, 0.1) is 11.7 Å². The molecule has 180 valence electrons. The second kappa shape index (κ2) is 9.59. The summed E-state index contributed by atoms with van der Waals surface area (Å²) < 4.78 is 66.0. The third kappa shape index (κ3) is 5.48. The number of nitrogens with one attached hydrogen (secondary N) is 2. The highest BCUT2D eigenvalue weighted by Gasteiger charge is 2.38. The molecule has 1 unspecified atom stereocenters. The Kier molecular flexibility index (Phi) is 7.18. The van der Waals surface area contributed by atoms with E-state index in [1.54, 1.807) is 12.1 Å². The Morgan fingerprint density at radius 1 is 1.21 bits per heavy atom. The summed E-state index contributed by atoms with van der Waals surface area (Å²) in [6.07, 6.45) is -3.15. The molecule has 12 heteroatoms. The number of hydrogen-bond acceptors (Lipinski definition) is 6. The molecule has 0 saturated heterocycles. The molecular weight excluding hydrogens is 493 g/mol. The van der Waals surface area contributed by atoms with E-state index in [4.69, 9.17) is 21.1 Å². The number of hydrogen-bond donors (Lipinski definition) is 2. The molecule has 2 N–H and O–H groups in total. The van der Waals surface area contributed by atoms with Crippen LogP contribution in [0.15, 0.2) is 47.4 Å². The minimum Gasteiger partial charge on any atom is -0.435 e. The molecule has 7 nitrogen and oxygen atoms in total. The lowest BCUT2D eigenvalue weighted by Gasteiger charge is -2.17. The third-order valence-electron chi connectivity index (χ3n) is 4.85. The SMILES string of the molecule is CCc1cccc(Cl)c1Oc1nnc(C(F)(F)F)c(C)c1C(=O)Nc1cccc(S(C)(=N)=O)c1. The molecule has 0 fully saturated rings. The number of carbonyl (C=O) groups excluding carboxylic acids is 1. The number of para-hydroxylation sites is 1. The van der Waals surface area contributed by atoms with E-state index in [9.17, 15) is 22.2 Å². The first-order valence-electron chi connectivity index (χ1n) is 9.87. The van der Waals surface area contributed by atoms with Gasteiger partial charge in [-0.2, -0.15) is 13.2 Å². The zero-order valence-electron chi connectivity index (χ0n) is 18.3. The van der Waals surface area contributed by atoms with E-state index in [0.29, 0.717) is 12.0 Å². The second-order valence-corrected chi connectivity index (χ2v) is 9.93. The van der Waals surface area contributed by atoms with Crippen LogP contribution in [0.5, 0.6) is 11.6 Å². The highest BCUT2D eigenvalue weighted by atomic mass is 35.5. The predicted octanol–water partition coefficient (Wildman–Crippen LogP) is 6.10. The van der Waals surface area contributed by atoms with E-state index in [1.165, 1.54) is 36.6 Å². The van der Waals surface area contributed by atoms with Crippen LogP contribution in [0.3, 0.4) is 0 Å². The fourth-order valence-corrected chi connectivity index (χ4v) is 4.08. The molecule has 1 amide bonds. The molecule has 1 heterocycles. The Labute approximate surface area is 199 Å². The Morgan fingerprint density at radius 2 is 1.88 bits per heavy atom. The molecule has 3 aromatic rings. The van der Waals surface area contributed by atoms with Gasteiger partial charge in [0.2, 0.25) is 0 Å². The van der Waals surface area contributed by atoms with Crippen molar-refractivity contribution in [3.63, 3.8) is 0 Å². The quantitative estimate of drug-likeness (QED) is 0.415. The molecule has 1 aromatic heterocycles. The Balaban J connectivity index is 2.12. The summed E-state index contributed by atoms with van der Waals surface area (Å²) in [5.41, 5.74) is -1.53. The van der Waals surface area contributed by atoms with Crippen molar-refractivity contribution in [3.8, 4) is 11.6 Å². The van der Waals surface area contributed by atoms with Gasteiger partial charge in [-0.15, -0.1) is 10.2 Å². The van der Waals surface area contributed by atoms with Crippen molar-refractivity contribution in [1.82, 2.24) is 10.2 Å². The summed E-state index contributed by atoms with van der Waals surface area (Å²) >= 11 is 6.22. The number of aromatic nitrogens is 2. The fourth-order valence-electron chi connectivity index (χ4n) is 3.16. The van der Waals surface area contributed by atoms with Gasteiger partial charge in [0, 0.05) is 16.8 Å². The standard InChI is InChI=1S/C22H20ClF3N4O3S/c1-4-13-7-5-10-16(23)18(13)33-21-17(12(2)19(29-30-21)22(24,25)26)20(31)28-14-8-6-9-15(11-14)34(3,27)32/h5-11,27H,4H2,1-3H3,(H,28,31). The van der Waals surface area contributed by atoms with Gasteiger partial charge >= 0.3 is 6.18 Å². The summed E-state index contributed by atoms with van der Waals surface area (Å²) in [5, 5.41) is 9.44. The lowest BCUT2D eigenvalue weighted by atomic mass is 10.1. The smallest absolute Gasteiger partial charge is 0.435 e. The number of alkyl halides is 3. The molecule has 0 saturated carbocycles. The zero-order chi connectivity index (χ0) is 25.3. The Bertz CT molecular complexity index is 1360. The van der Waals surface area contributed by atoms with E-state index in [0.717, 1.165) is 6.92 Å². The number of aryl methyl sites for hydroxylation is 1. The van der Waals surface area contributed by atoms with Crippen molar-refractivity contribution < 1.29 is 26.9 Å². The number of nitrogens with zero attached hydrogens (tertiary/aromatic N) is 2. The van der Waals surface area contributed by atoms with Crippen molar-refractivity contribution in [1.29, 1.82) is 4.78 Å². The van der Waals surface area contributed by atoms with E-state index in [2.05, 4.69) is 15.5 Å². The summed E-state index contributed by atoms with van der Waals surface area (Å²) in [4.78, 5) is 13.3. The zero-order valence-corrected chi connectivity index (χ0v) is 19.9. The van der Waals surface area contributed by atoms with Crippen LogP contribution in [0.2, 0.25) is 5.02 Å². The molecule has 1 atom stereocenters. The Hall–Kier alpha value is -3.18. The fraction of sp³-hybridized carbons (Fsp3) is 0.227. The number of rotatable bonds is 6. The molecule has 0 radical (unpaired) electrons. The maximum Gasteiger partial charge on any atom is 0.435 e. The van der Waals surface area contributed by atoms with Gasteiger partial charge in [0.1, 0.15) is 5.56 Å². The van der Waals surface area contributed by atoms with E-state index < -0.39 is 44.5 Å². The average Bonchev–Trinajstić information content (AvgIpc) is 2.73. The highest BCUT2D eigenvalue weighted by molar-refractivity contribution is 7.91. The molecule has 0 aliphatic carbocycles. The minimum absolute atomic E-state index is 0.132. The molecule has 0 spiro atoms. The average molecular weight is 513 g/mol. The predicted molar refractivity (Wildman–Crippen MR) is 122 cm³/mol. The van der Waals surface area contributed by atoms with Gasteiger partial charge < -0.3 is 10.1 Å². The summed E-state index contributed by atoms with van der Waals surface area (Å²) in [6.45, 7) is 2.92. The molecule has 34 heavy (non-hydrogen) atoms.